The predicted octanol–water partition coefficient (Wildman–Crippen LogP) is 2.56. The van der Waals surface area contributed by atoms with E-state index in [2.05, 4.69) is 20.0 Å². The third-order valence-corrected chi connectivity index (χ3v) is 5.72. The minimum atomic E-state index is -3.98. The fraction of sp³-hybridized carbons (Fsp3) is 0.190. The highest BCUT2D eigenvalue weighted by Gasteiger charge is 2.17. The molecule has 174 valence electrons. The minimum absolute atomic E-state index is 0.0250. The largest absolute Gasteiger partial charge is 0.497 e. The monoisotopic (exact) mass is 474 g/mol. The zero-order valence-electron chi connectivity index (χ0n) is 18.3. The Morgan fingerprint density at radius 3 is 2.00 bits per heavy atom. The molecule has 33 heavy (non-hydrogen) atoms. The Hall–Kier alpha value is -4.06. The van der Waals surface area contributed by atoms with Crippen LogP contribution in [0.5, 0.6) is 23.4 Å². The second-order valence-corrected chi connectivity index (χ2v) is 8.15. The maximum atomic E-state index is 12.7. The van der Waals surface area contributed by atoms with Gasteiger partial charge in [0.25, 0.3) is 15.9 Å². The van der Waals surface area contributed by atoms with Crippen LogP contribution < -0.4 is 29.0 Å². The van der Waals surface area contributed by atoms with Crippen molar-refractivity contribution in [2.24, 2.45) is 0 Å². The molecule has 0 unspecified atom stereocenters. The molecule has 0 atom stereocenters. The molecule has 1 aromatic heterocycles. The van der Waals surface area contributed by atoms with Gasteiger partial charge < -0.3 is 24.3 Å². The number of carbonyl (C=O) groups is 1. The highest BCUT2D eigenvalue weighted by Crippen LogP contribution is 2.24. The molecule has 0 fully saturated rings. The quantitative estimate of drug-likeness (QED) is 0.479. The fourth-order valence-electron chi connectivity index (χ4n) is 2.71. The number of methoxy groups -OCH3 is 4. The molecule has 1 heterocycles. The molecule has 0 radical (unpaired) electrons. The van der Waals surface area contributed by atoms with Gasteiger partial charge in [0.2, 0.25) is 5.88 Å². The highest BCUT2D eigenvalue weighted by atomic mass is 32.2. The van der Waals surface area contributed by atoms with Crippen LogP contribution in [0.4, 0.5) is 11.5 Å². The minimum Gasteiger partial charge on any atom is -0.497 e. The molecular weight excluding hydrogens is 452 g/mol. The SMILES string of the molecule is COc1cc(OC)cc(C(=O)Nc2ccc(S(=O)(=O)Nc3cc(OC)nc(OC)n3)cc2)c1. The van der Waals surface area contributed by atoms with Crippen molar-refractivity contribution < 1.29 is 32.2 Å². The summed E-state index contributed by atoms with van der Waals surface area (Å²) in [7, 11) is 1.72. The van der Waals surface area contributed by atoms with E-state index >= 15 is 0 Å². The normalized spacial score (nSPS) is 10.8. The Bertz CT molecular complexity index is 1200. The van der Waals surface area contributed by atoms with E-state index in [4.69, 9.17) is 18.9 Å². The first-order valence-electron chi connectivity index (χ1n) is 9.42. The summed E-state index contributed by atoms with van der Waals surface area (Å²) in [5, 5.41) is 2.70. The van der Waals surface area contributed by atoms with Gasteiger partial charge in [-0.05, 0) is 36.4 Å². The summed E-state index contributed by atoms with van der Waals surface area (Å²) in [5.41, 5.74) is 0.710. The van der Waals surface area contributed by atoms with Crippen LogP contribution in [0.15, 0.2) is 53.4 Å². The third-order valence-electron chi connectivity index (χ3n) is 4.35. The molecule has 2 aromatic carbocycles. The van der Waals surface area contributed by atoms with Crippen LogP contribution in [-0.4, -0.2) is 52.7 Å². The Balaban J connectivity index is 1.76. The molecule has 0 aliphatic heterocycles. The molecule has 1 amide bonds. The van der Waals surface area contributed by atoms with Gasteiger partial charge in [-0.2, -0.15) is 9.97 Å². The van der Waals surface area contributed by atoms with E-state index in [0.717, 1.165) is 0 Å². The lowest BCUT2D eigenvalue weighted by Crippen LogP contribution is -2.15. The average molecular weight is 474 g/mol. The number of nitrogens with one attached hydrogen (secondary N) is 2. The van der Waals surface area contributed by atoms with Crippen molar-refractivity contribution >= 4 is 27.4 Å². The molecule has 3 aromatic rings. The number of rotatable bonds is 9. The second-order valence-electron chi connectivity index (χ2n) is 6.47. The van der Waals surface area contributed by atoms with Crippen molar-refractivity contribution in [1.29, 1.82) is 0 Å². The van der Waals surface area contributed by atoms with Gasteiger partial charge in [0, 0.05) is 23.4 Å². The Labute approximate surface area is 190 Å². The Morgan fingerprint density at radius 1 is 0.818 bits per heavy atom. The van der Waals surface area contributed by atoms with Crippen molar-refractivity contribution in [2.45, 2.75) is 4.90 Å². The third kappa shape index (κ3) is 5.80. The van der Waals surface area contributed by atoms with Crippen LogP contribution in [0.3, 0.4) is 0 Å². The van der Waals surface area contributed by atoms with Crippen LogP contribution in [0, 0.1) is 0 Å². The summed E-state index contributed by atoms with van der Waals surface area (Å²) in [6.07, 6.45) is 0. The number of anilines is 2. The summed E-state index contributed by atoms with van der Waals surface area (Å²) in [5.74, 6) is 0.617. The summed E-state index contributed by atoms with van der Waals surface area (Å²) >= 11 is 0. The van der Waals surface area contributed by atoms with Crippen molar-refractivity contribution in [3.05, 3.63) is 54.1 Å². The van der Waals surface area contributed by atoms with Gasteiger partial charge in [0.05, 0.1) is 33.3 Å². The summed E-state index contributed by atoms with van der Waals surface area (Å²) < 4.78 is 48.1. The van der Waals surface area contributed by atoms with Gasteiger partial charge in [-0.15, -0.1) is 0 Å². The zero-order chi connectivity index (χ0) is 24.0. The van der Waals surface area contributed by atoms with Gasteiger partial charge in [-0.25, -0.2) is 8.42 Å². The van der Waals surface area contributed by atoms with Gasteiger partial charge >= 0.3 is 6.01 Å². The van der Waals surface area contributed by atoms with Crippen LogP contribution in [0.1, 0.15) is 10.4 Å². The van der Waals surface area contributed by atoms with E-state index in [1.54, 1.807) is 18.2 Å². The molecule has 3 rings (SSSR count). The molecule has 12 heteroatoms. The van der Waals surface area contributed by atoms with E-state index < -0.39 is 15.9 Å². The Morgan fingerprint density at radius 2 is 1.45 bits per heavy atom. The van der Waals surface area contributed by atoms with Gasteiger partial charge in [-0.3, -0.25) is 9.52 Å². The zero-order valence-corrected chi connectivity index (χ0v) is 19.1. The molecular formula is C21H22N4O7S. The number of benzene rings is 2. The standard InChI is InChI=1S/C21H22N4O7S/c1-29-15-9-13(10-16(11-15)30-2)20(26)22-14-5-7-17(8-6-14)33(27,28)25-18-12-19(31-3)24-21(23-18)32-4/h5-12H,1-4H3,(H,22,26)(H,23,24,25). The fourth-order valence-corrected chi connectivity index (χ4v) is 3.70. The lowest BCUT2D eigenvalue weighted by atomic mass is 10.2. The first-order chi connectivity index (χ1) is 15.8. The number of hydrogen-bond acceptors (Lipinski definition) is 9. The van der Waals surface area contributed by atoms with E-state index in [1.165, 1.54) is 58.8 Å². The topological polar surface area (TPSA) is 138 Å². The summed E-state index contributed by atoms with van der Waals surface area (Å²) in [6.45, 7) is 0. The summed E-state index contributed by atoms with van der Waals surface area (Å²) in [4.78, 5) is 20.4. The number of ether oxygens (including phenoxy) is 4. The average Bonchev–Trinajstić information content (AvgIpc) is 2.83. The maximum absolute atomic E-state index is 12.7. The van der Waals surface area contributed by atoms with Crippen LogP contribution >= 0.6 is 0 Å². The van der Waals surface area contributed by atoms with Crippen LogP contribution in [0.2, 0.25) is 0 Å². The molecule has 2 N–H and O–H groups in total. The predicted molar refractivity (Wildman–Crippen MR) is 120 cm³/mol. The van der Waals surface area contributed by atoms with Crippen molar-refractivity contribution in [1.82, 2.24) is 9.97 Å². The number of nitrogens with zero attached hydrogens (tertiary/aromatic N) is 2. The van der Waals surface area contributed by atoms with Crippen molar-refractivity contribution in [3.63, 3.8) is 0 Å². The lowest BCUT2D eigenvalue weighted by Gasteiger charge is -2.11. The van der Waals surface area contributed by atoms with Crippen LogP contribution in [-0.2, 0) is 10.0 Å². The van der Waals surface area contributed by atoms with Crippen molar-refractivity contribution in [3.8, 4) is 23.4 Å². The number of amides is 1. The van der Waals surface area contributed by atoms with E-state index in [9.17, 15) is 13.2 Å². The number of aromatic nitrogens is 2. The molecule has 0 saturated heterocycles. The summed E-state index contributed by atoms with van der Waals surface area (Å²) in [6, 6.07) is 11.6. The molecule has 0 spiro atoms. The van der Waals surface area contributed by atoms with E-state index in [0.29, 0.717) is 22.7 Å². The van der Waals surface area contributed by atoms with Gasteiger partial charge in [0.1, 0.15) is 11.5 Å². The van der Waals surface area contributed by atoms with E-state index in [-0.39, 0.29) is 22.6 Å². The first-order valence-corrected chi connectivity index (χ1v) is 10.9. The van der Waals surface area contributed by atoms with Crippen LogP contribution in [0.25, 0.3) is 0 Å². The number of sulfonamides is 1. The van der Waals surface area contributed by atoms with Gasteiger partial charge in [0.15, 0.2) is 5.82 Å². The molecule has 0 aliphatic carbocycles. The van der Waals surface area contributed by atoms with E-state index in [1.807, 2.05) is 0 Å². The molecule has 0 aliphatic rings. The Kier molecular flexibility index (Phi) is 7.18. The molecule has 0 bridgehead atoms. The van der Waals surface area contributed by atoms with Crippen molar-refractivity contribution in [2.75, 3.05) is 38.5 Å². The smallest absolute Gasteiger partial charge is 0.321 e. The van der Waals surface area contributed by atoms with Gasteiger partial charge in [-0.1, -0.05) is 0 Å². The first kappa shape index (κ1) is 23.6. The number of hydrogen-bond donors (Lipinski definition) is 2. The molecule has 11 nitrogen and oxygen atoms in total. The second kappa shape index (κ2) is 10.0. The number of carbonyl (C=O) groups excluding carboxylic acids is 1. The highest BCUT2D eigenvalue weighted by molar-refractivity contribution is 7.92. The molecule has 0 saturated carbocycles. The lowest BCUT2D eigenvalue weighted by molar-refractivity contribution is 0.102. The maximum Gasteiger partial charge on any atom is 0.321 e.